The number of amides is 1. The summed E-state index contributed by atoms with van der Waals surface area (Å²) in [5.74, 6) is -0.110. The Kier molecular flexibility index (Phi) is 5.90. The summed E-state index contributed by atoms with van der Waals surface area (Å²) in [5, 5.41) is 19.3. The number of carbonyl (C=O) groups excluding carboxylic acids is 1. The fraction of sp³-hybridized carbons (Fsp3) is 0.500. The van der Waals surface area contributed by atoms with Gasteiger partial charge in [-0.15, -0.1) is 0 Å². The van der Waals surface area contributed by atoms with Gasteiger partial charge in [-0.2, -0.15) is 5.26 Å². The molecule has 1 fully saturated rings. The average molecular weight is 303 g/mol. The van der Waals surface area contributed by atoms with Gasteiger partial charge in [-0.05, 0) is 11.6 Å². The van der Waals surface area contributed by atoms with Crippen LogP contribution in [0.1, 0.15) is 11.1 Å². The van der Waals surface area contributed by atoms with Crippen LogP contribution in [0.3, 0.4) is 0 Å². The van der Waals surface area contributed by atoms with Crippen LogP contribution in [-0.2, 0) is 16.1 Å². The number of hydrogen-bond acceptors (Lipinski definition) is 5. The van der Waals surface area contributed by atoms with E-state index in [9.17, 15) is 9.90 Å². The van der Waals surface area contributed by atoms with E-state index in [1.165, 1.54) is 7.11 Å². The van der Waals surface area contributed by atoms with E-state index >= 15 is 0 Å². The molecule has 1 N–H and O–H groups in total. The first-order valence-electron chi connectivity index (χ1n) is 7.29. The minimum absolute atomic E-state index is 0.0317. The fourth-order valence-electron chi connectivity index (χ4n) is 2.65. The van der Waals surface area contributed by atoms with Crippen molar-refractivity contribution in [3.63, 3.8) is 0 Å². The highest BCUT2D eigenvalue weighted by atomic mass is 16.5. The molecule has 6 heteroatoms. The van der Waals surface area contributed by atoms with Crippen LogP contribution in [0.15, 0.2) is 24.3 Å². The maximum absolute atomic E-state index is 11.9. The van der Waals surface area contributed by atoms with Gasteiger partial charge in [-0.3, -0.25) is 9.69 Å². The van der Waals surface area contributed by atoms with Gasteiger partial charge in [-0.1, -0.05) is 18.2 Å². The standard InChI is InChI=1S/C16H21N3O3/c1-22-12-16(21)19-7-6-18(10-15(20)11-19)9-14-5-3-2-4-13(14)8-17/h2-5,15,20H,6-7,9-12H2,1H3/t15-/m0/s1. The maximum atomic E-state index is 11.9. The molecule has 1 amide bonds. The molecule has 6 nitrogen and oxygen atoms in total. The monoisotopic (exact) mass is 303 g/mol. The smallest absolute Gasteiger partial charge is 0.248 e. The molecule has 1 aromatic rings. The first-order chi connectivity index (χ1) is 10.6. The van der Waals surface area contributed by atoms with Gasteiger partial charge < -0.3 is 14.7 Å². The van der Waals surface area contributed by atoms with E-state index in [0.29, 0.717) is 38.3 Å². The van der Waals surface area contributed by atoms with Gasteiger partial charge in [0.05, 0.1) is 17.7 Å². The Hall–Kier alpha value is -1.94. The van der Waals surface area contributed by atoms with Crippen LogP contribution in [0.4, 0.5) is 0 Å². The van der Waals surface area contributed by atoms with Crippen LogP contribution in [0.2, 0.25) is 0 Å². The number of rotatable bonds is 4. The number of methoxy groups -OCH3 is 1. The van der Waals surface area contributed by atoms with Crippen LogP contribution in [0.5, 0.6) is 0 Å². The molecule has 22 heavy (non-hydrogen) atoms. The highest BCUT2D eigenvalue weighted by Crippen LogP contribution is 2.13. The third-order valence-corrected chi connectivity index (χ3v) is 3.74. The summed E-state index contributed by atoms with van der Waals surface area (Å²) in [5.41, 5.74) is 1.59. The van der Waals surface area contributed by atoms with Crippen molar-refractivity contribution in [3.8, 4) is 6.07 Å². The summed E-state index contributed by atoms with van der Waals surface area (Å²) < 4.78 is 4.86. The number of ether oxygens (including phenoxy) is 1. The van der Waals surface area contributed by atoms with E-state index in [0.717, 1.165) is 5.56 Å². The van der Waals surface area contributed by atoms with Crippen LogP contribution in [0.25, 0.3) is 0 Å². The van der Waals surface area contributed by atoms with Crippen molar-refractivity contribution in [1.29, 1.82) is 5.26 Å². The summed E-state index contributed by atoms with van der Waals surface area (Å²) in [6, 6.07) is 9.63. The molecule has 1 heterocycles. The molecule has 1 aliphatic rings. The van der Waals surface area contributed by atoms with Crippen LogP contribution in [-0.4, -0.2) is 66.8 Å². The van der Waals surface area contributed by atoms with Crippen molar-refractivity contribution in [1.82, 2.24) is 9.80 Å². The molecular weight excluding hydrogens is 282 g/mol. The zero-order valence-corrected chi connectivity index (χ0v) is 12.7. The molecule has 1 aromatic carbocycles. The van der Waals surface area contributed by atoms with E-state index in [1.54, 1.807) is 11.0 Å². The normalized spacial score (nSPS) is 19.5. The molecule has 0 saturated carbocycles. The lowest BCUT2D eigenvalue weighted by Crippen LogP contribution is -2.39. The van der Waals surface area contributed by atoms with Crippen molar-refractivity contribution < 1.29 is 14.6 Å². The predicted molar refractivity (Wildman–Crippen MR) is 80.9 cm³/mol. The van der Waals surface area contributed by atoms with Gasteiger partial charge in [0.1, 0.15) is 6.61 Å². The predicted octanol–water partition coefficient (Wildman–Crippen LogP) is 0.210. The Bertz CT molecular complexity index is 556. The SMILES string of the molecule is COCC(=O)N1CCN(Cc2ccccc2C#N)C[C@H](O)C1. The first-order valence-corrected chi connectivity index (χ1v) is 7.29. The second-order valence-electron chi connectivity index (χ2n) is 5.43. The average Bonchev–Trinajstić information content (AvgIpc) is 2.69. The molecule has 0 unspecified atom stereocenters. The minimum atomic E-state index is -0.599. The summed E-state index contributed by atoms with van der Waals surface area (Å²) in [6.45, 7) is 2.63. The van der Waals surface area contributed by atoms with Crippen LogP contribution >= 0.6 is 0 Å². The molecule has 1 aliphatic heterocycles. The fourth-order valence-corrected chi connectivity index (χ4v) is 2.65. The Morgan fingerprint density at radius 2 is 2.18 bits per heavy atom. The second-order valence-corrected chi connectivity index (χ2v) is 5.43. The number of nitrogens with zero attached hydrogens (tertiary/aromatic N) is 3. The summed E-state index contributed by atoms with van der Waals surface area (Å²) in [6.07, 6.45) is -0.599. The molecule has 0 bridgehead atoms. The lowest BCUT2D eigenvalue weighted by molar-refractivity contribution is -0.136. The van der Waals surface area contributed by atoms with E-state index in [4.69, 9.17) is 10.00 Å². The number of carbonyl (C=O) groups is 1. The van der Waals surface area contributed by atoms with E-state index < -0.39 is 6.10 Å². The van der Waals surface area contributed by atoms with Gasteiger partial charge in [0.15, 0.2) is 0 Å². The Balaban J connectivity index is 2.02. The number of hydrogen-bond donors (Lipinski definition) is 1. The Labute approximate surface area is 130 Å². The largest absolute Gasteiger partial charge is 0.390 e. The van der Waals surface area contributed by atoms with E-state index in [2.05, 4.69) is 11.0 Å². The highest BCUT2D eigenvalue weighted by Gasteiger charge is 2.24. The lowest BCUT2D eigenvalue weighted by atomic mass is 10.1. The van der Waals surface area contributed by atoms with Crippen LogP contribution in [0, 0.1) is 11.3 Å². The lowest BCUT2D eigenvalue weighted by Gasteiger charge is -2.21. The number of β-amino-alcohol motifs (C(OH)–C–C–N with tert-alkyl or cyclic N) is 1. The zero-order valence-electron chi connectivity index (χ0n) is 12.7. The molecule has 1 saturated heterocycles. The molecule has 0 aliphatic carbocycles. The van der Waals surface area contributed by atoms with Gasteiger partial charge in [0.2, 0.25) is 5.91 Å². The van der Waals surface area contributed by atoms with Crippen molar-refractivity contribution in [2.45, 2.75) is 12.6 Å². The van der Waals surface area contributed by atoms with Crippen molar-refractivity contribution >= 4 is 5.91 Å². The third-order valence-electron chi connectivity index (χ3n) is 3.74. The molecule has 1 atom stereocenters. The minimum Gasteiger partial charge on any atom is -0.390 e. The topological polar surface area (TPSA) is 76.8 Å². The second kappa shape index (κ2) is 7.90. The Morgan fingerprint density at radius 1 is 1.41 bits per heavy atom. The Morgan fingerprint density at radius 3 is 2.91 bits per heavy atom. The van der Waals surface area contributed by atoms with Gasteiger partial charge in [0, 0.05) is 39.8 Å². The van der Waals surface area contributed by atoms with Gasteiger partial charge >= 0.3 is 0 Å². The molecule has 0 radical (unpaired) electrons. The van der Waals surface area contributed by atoms with Gasteiger partial charge in [-0.25, -0.2) is 0 Å². The summed E-state index contributed by atoms with van der Waals surface area (Å²) in [7, 11) is 1.48. The van der Waals surface area contributed by atoms with Crippen molar-refractivity contribution in [2.75, 3.05) is 39.9 Å². The number of benzene rings is 1. The quantitative estimate of drug-likeness (QED) is 0.860. The maximum Gasteiger partial charge on any atom is 0.248 e. The molecule has 0 spiro atoms. The first kappa shape index (κ1) is 16.4. The number of aliphatic hydroxyl groups is 1. The van der Waals surface area contributed by atoms with Crippen molar-refractivity contribution in [2.24, 2.45) is 0 Å². The molecular formula is C16H21N3O3. The highest BCUT2D eigenvalue weighted by molar-refractivity contribution is 5.77. The summed E-state index contributed by atoms with van der Waals surface area (Å²) in [4.78, 5) is 15.6. The zero-order chi connectivity index (χ0) is 15.9. The molecule has 118 valence electrons. The summed E-state index contributed by atoms with van der Waals surface area (Å²) >= 11 is 0. The van der Waals surface area contributed by atoms with Crippen molar-refractivity contribution in [3.05, 3.63) is 35.4 Å². The van der Waals surface area contributed by atoms with Gasteiger partial charge in [0.25, 0.3) is 0 Å². The van der Waals surface area contributed by atoms with E-state index in [1.807, 2.05) is 18.2 Å². The number of aliphatic hydroxyl groups excluding tert-OH is 1. The molecule has 2 rings (SSSR count). The molecule has 0 aromatic heterocycles. The van der Waals surface area contributed by atoms with E-state index in [-0.39, 0.29) is 12.5 Å². The number of nitriles is 1. The van der Waals surface area contributed by atoms with Crippen LogP contribution < -0.4 is 0 Å². The third kappa shape index (κ3) is 4.28.